The van der Waals surface area contributed by atoms with Crippen molar-refractivity contribution in [2.45, 2.75) is 6.54 Å². The van der Waals surface area contributed by atoms with Gasteiger partial charge in [-0.25, -0.2) is 4.98 Å². The van der Waals surface area contributed by atoms with Crippen LogP contribution in [0, 0.1) is 0 Å². The minimum absolute atomic E-state index is 0.0863. The lowest BCUT2D eigenvalue weighted by Gasteiger charge is -2.19. The number of benzene rings is 3. The number of hydrogen-bond donors (Lipinski definition) is 3. The van der Waals surface area contributed by atoms with Crippen LogP contribution in [0.4, 0.5) is 0 Å². The maximum absolute atomic E-state index is 14.0. The molecule has 3 N–H and O–H groups in total. The average molecular weight is 506 g/mol. The quantitative estimate of drug-likeness (QED) is 0.303. The Labute approximate surface area is 217 Å². The highest BCUT2D eigenvalue weighted by molar-refractivity contribution is 6.04. The van der Waals surface area contributed by atoms with E-state index in [9.17, 15) is 19.5 Å². The van der Waals surface area contributed by atoms with Gasteiger partial charge in [0.15, 0.2) is 0 Å². The number of carbonyl (C=O) groups excluding carboxylic acids is 1. The van der Waals surface area contributed by atoms with Crippen molar-refractivity contribution in [2.24, 2.45) is 0 Å². The number of amides is 1. The molecule has 188 valence electrons. The number of carboxylic acids is 1. The van der Waals surface area contributed by atoms with E-state index in [0.717, 1.165) is 5.56 Å². The molecule has 0 aliphatic rings. The number of rotatable bonds is 7. The zero-order valence-electron chi connectivity index (χ0n) is 20.2. The molecule has 0 saturated carbocycles. The zero-order chi connectivity index (χ0) is 26.6. The Morgan fingerprint density at radius 2 is 1.42 bits per heavy atom. The van der Waals surface area contributed by atoms with E-state index in [2.05, 4.69) is 10.3 Å². The van der Waals surface area contributed by atoms with Gasteiger partial charge in [0.1, 0.15) is 18.0 Å². The fourth-order valence-corrected chi connectivity index (χ4v) is 4.41. The van der Waals surface area contributed by atoms with E-state index in [1.807, 2.05) is 42.5 Å². The van der Waals surface area contributed by atoms with Crippen molar-refractivity contribution < 1.29 is 19.8 Å². The van der Waals surface area contributed by atoms with Crippen molar-refractivity contribution in [3.8, 4) is 28.1 Å². The predicted octanol–water partition coefficient (Wildman–Crippen LogP) is 4.30. The molecule has 0 radical (unpaired) electrons. The Morgan fingerprint density at radius 3 is 2.03 bits per heavy atom. The van der Waals surface area contributed by atoms with Gasteiger partial charge in [0.25, 0.3) is 11.5 Å². The molecule has 0 aliphatic heterocycles. The molecule has 8 nitrogen and oxygen atoms in total. The lowest BCUT2D eigenvalue weighted by molar-refractivity contribution is -0.135. The second-order valence-electron chi connectivity index (χ2n) is 8.66. The molecule has 0 spiro atoms. The van der Waals surface area contributed by atoms with Crippen molar-refractivity contribution in [3.63, 3.8) is 0 Å². The third-order valence-electron chi connectivity index (χ3n) is 6.14. The maximum atomic E-state index is 14.0. The van der Waals surface area contributed by atoms with E-state index >= 15 is 0 Å². The van der Waals surface area contributed by atoms with Gasteiger partial charge in [-0.1, -0.05) is 91.0 Å². The standard InChI is InChI=1S/C30H23N3O5/c34-24(35)17-31-29(37)23-16-22-27(26(32-23)21-14-8-3-9-15-21)33(18-19-10-4-1-5-11-19)30(38)25(28(22)36)20-12-6-2-7-13-20/h1-16,36H,17-18H2,(H,31,37)(H,34,35). The summed E-state index contributed by atoms with van der Waals surface area (Å²) in [5.74, 6) is -2.20. The van der Waals surface area contributed by atoms with Gasteiger partial charge in [0.2, 0.25) is 0 Å². The van der Waals surface area contributed by atoms with E-state index < -0.39 is 24.0 Å². The summed E-state index contributed by atoms with van der Waals surface area (Å²) < 4.78 is 1.56. The normalized spacial score (nSPS) is 10.8. The van der Waals surface area contributed by atoms with Gasteiger partial charge in [0, 0.05) is 10.9 Å². The highest BCUT2D eigenvalue weighted by Crippen LogP contribution is 2.37. The highest BCUT2D eigenvalue weighted by Gasteiger charge is 2.24. The SMILES string of the molecule is O=C(O)CNC(=O)c1cc2c(O)c(-c3ccccc3)c(=O)n(Cc3ccccc3)c2c(-c2ccccc2)n1. The van der Waals surface area contributed by atoms with Crippen LogP contribution < -0.4 is 10.9 Å². The van der Waals surface area contributed by atoms with Crippen LogP contribution in [0.2, 0.25) is 0 Å². The summed E-state index contributed by atoms with van der Waals surface area (Å²) in [6.45, 7) is -0.393. The van der Waals surface area contributed by atoms with E-state index in [0.29, 0.717) is 22.3 Å². The lowest BCUT2D eigenvalue weighted by Crippen LogP contribution is -2.30. The second-order valence-corrected chi connectivity index (χ2v) is 8.66. The highest BCUT2D eigenvalue weighted by atomic mass is 16.4. The Bertz CT molecular complexity index is 1700. The fourth-order valence-electron chi connectivity index (χ4n) is 4.41. The molecule has 2 heterocycles. The molecular weight excluding hydrogens is 482 g/mol. The minimum Gasteiger partial charge on any atom is -0.506 e. The summed E-state index contributed by atoms with van der Waals surface area (Å²) in [4.78, 5) is 42.5. The largest absolute Gasteiger partial charge is 0.506 e. The van der Waals surface area contributed by atoms with Crippen LogP contribution in [-0.4, -0.2) is 38.2 Å². The number of fused-ring (bicyclic) bond motifs is 1. The number of aromatic nitrogens is 2. The van der Waals surface area contributed by atoms with Crippen LogP contribution in [-0.2, 0) is 11.3 Å². The molecule has 0 aliphatic carbocycles. The summed E-state index contributed by atoms with van der Waals surface area (Å²) in [5.41, 5.74) is 2.28. The van der Waals surface area contributed by atoms with Gasteiger partial charge in [-0.05, 0) is 17.2 Å². The number of carbonyl (C=O) groups is 2. The van der Waals surface area contributed by atoms with Crippen LogP contribution in [0.1, 0.15) is 16.1 Å². The molecule has 1 amide bonds. The first-order valence-corrected chi connectivity index (χ1v) is 11.9. The van der Waals surface area contributed by atoms with E-state index in [1.165, 1.54) is 6.07 Å². The van der Waals surface area contributed by atoms with Gasteiger partial charge < -0.3 is 20.1 Å². The summed E-state index contributed by atoms with van der Waals surface area (Å²) in [6.07, 6.45) is 0. The van der Waals surface area contributed by atoms with Crippen LogP contribution in [0.5, 0.6) is 5.75 Å². The number of carboxylic acid groups (broad SMARTS) is 1. The summed E-state index contributed by atoms with van der Waals surface area (Å²) >= 11 is 0. The monoisotopic (exact) mass is 505 g/mol. The van der Waals surface area contributed by atoms with E-state index in [1.54, 1.807) is 53.1 Å². The molecule has 38 heavy (non-hydrogen) atoms. The van der Waals surface area contributed by atoms with Crippen molar-refractivity contribution >= 4 is 22.8 Å². The Kier molecular flexibility index (Phi) is 6.69. The Morgan fingerprint density at radius 1 is 0.842 bits per heavy atom. The number of hydrogen-bond acceptors (Lipinski definition) is 5. The first-order valence-electron chi connectivity index (χ1n) is 11.9. The third-order valence-corrected chi connectivity index (χ3v) is 6.14. The number of nitrogens with zero attached hydrogens (tertiary/aromatic N) is 2. The van der Waals surface area contributed by atoms with Crippen molar-refractivity contribution in [1.82, 2.24) is 14.9 Å². The third kappa shape index (κ3) is 4.75. The number of nitrogens with one attached hydrogen (secondary N) is 1. The molecule has 0 bridgehead atoms. The topological polar surface area (TPSA) is 122 Å². The Hall–Kier alpha value is -5.24. The van der Waals surface area contributed by atoms with Gasteiger partial charge in [0.05, 0.1) is 23.3 Å². The molecule has 5 aromatic rings. The molecular formula is C30H23N3O5. The minimum atomic E-state index is -1.20. The number of aliphatic carboxylic acids is 1. The van der Waals surface area contributed by atoms with Gasteiger partial charge in [-0.15, -0.1) is 0 Å². The first kappa shape index (κ1) is 24.5. The molecule has 5 rings (SSSR count). The summed E-state index contributed by atoms with van der Waals surface area (Å²) in [6, 6.07) is 28.7. The first-order chi connectivity index (χ1) is 18.4. The molecule has 8 heteroatoms. The summed E-state index contributed by atoms with van der Waals surface area (Å²) in [5, 5.41) is 23.1. The molecule has 2 aromatic heterocycles. The lowest BCUT2D eigenvalue weighted by atomic mass is 9.99. The molecule has 3 aromatic carbocycles. The van der Waals surface area contributed by atoms with Crippen LogP contribution in [0.3, 0.4) is 0 Å². The van der Waals surface area contributed by atoms with E-state index in [-0.39, 0.29) is 28.9 Å². The molecule has 0 saturated heterocycles. The van der Waals surface area contributed by atoms with Crippen LogP contribution in [0.15, 0.2) is 102 Å². The fraction of sp³-hybridized carbons (Fsp3) is 0.0667. The second kappa shape index (κ2) is 10.4. The van der Waals surface area contributed by atoms with E-state index in [4.69, 9.17) is 5.11 Å². The summed E-state index contributed by atoms with van der Waals surface area (Å²) in [7, 11) is 0. The maximum Gasteiger partial charge on any atom is 0.322 e. The zero-order valence-corrected chi connectivity index (χ0v) is 20.2. The molecule has 0 unspecified atom stereocenters. The Balaban J connectivity index is 1.87. The van der Waals surface area contributed by atoms with Crippen molar-refractivity contribution in [1.29, 1.82) is 0 Å². The van der Waals surface area contributed by atoms with Gasteiger partial charge >= 0.3 is 5.97 Å². The molecule has 0 atom stereocenters. The number of pyridine rings is 2. The smallest absolute Gasteiger partial charge is 0.322 e. The number of aromatic hydroxyl groups is 1. The van der Waals surface area contributed by atoms with Crippen LogP contribution in [0.25, 0.3) is 33.3 Å². The van der Waals surface area contributed by atoms with Gasteiger partial charge in [-0.2, -0.15) is 0 Å². The van der Waals surface area contributed by atoms with Gasteiger partial charge in [-0.3, -0.25) is 14.4 Å². The molecule has 0 fully saturated rings. The van der Waals surface area contributed by atoms with Crippen LogP contribution >= 0.6 is 0 Å². The average Bonchev–Trinajstić information content (AvgIpc) is 2.95. The predicted molar refractivity (Wildman–Crippen MR) is 144 cm³/mol. The van der Waals surface area contributed by atoms with Crippen molar-refractivity contribution in [3.05, 3.63) is 119 Å². The van der Waals surface area contributed by atoms with Crippen molar-refractivity contribution in [2.75, 3.05) is 6.54 Å².